The Hall–Kier alpha value is -2.16. The molecule has 0 radical (unpaired) electrons. The van der Waals surface area contributed by atoms with E-state index in [0.717, 1.165) is 0 Å². The maximum absolute atomic E-state index is 13.7. The van der Waals surface area contributed by atoms with Crippen LogP contribution >= 0.6 is 27.5 Å². The van der Waals surface area contributed by atoms with Gasteiger partial charge in [0.25, 0.3) is 5.91 Å². The zero-order valence-corrected chi connectivity index (χ0v) is 13.5. The molecular weight excluding hydrogens is 371 g/mol. The van der Waals surface area contributed by atoms with Crippen molar-refractivity contribution in [3.63, 3.8) is 0 Å². The number of amides is 1. The van der Waals surface area contributed by atoms with Crippen molar-refractivity contribution in [3.8, 4) is 6.07 Å². The van der Waals surface area contributed by atoms with Crippen LogP contribution in [0, 0.1) is 17.1 Å². The molecule has 0 aromatic heterocycles. The van der Waals surface area contributed by atoms with Crippen LogP contribution in [0.5, 0.6) is 0 Å². The molecule has 0 aliphatic rings. The molecule has 0 bridgehead atoms. The van der Waals surface area contributed by atoms with Crippen molar-refractivity contribution < 1.29 is 9.18 Å². The van der Waals surface area contributed by atoms with Gasteiger partial charge < -0.3 is 5.32 Å². The average Bonchev–Trinajstić information content (AvgIpc) is 2.50. The number of anilines is 1. The van der Waals surface area contributed by atoms with Crippen LogP contribution in [0.2, 0.25) is 5.02 Å². The van der Waals surface area contributed by atoms with E-state index in [4.69, 9.17) is 16.9 Å². The first-order chi connectivity index (χ1) is 10.5. The lowest BCUT2D eigenvalue weighted by Gasteiger charge is -2.06. The zero-order chi connectivity index (χ0) is 16.1. The first-order valence-electron chi connectivity index (χ1n) is 6.14. The largest absolute Gasteiger partial charge is 0.320 e. The molecule has 2 aromatic carbocycles. The number of nitriles is 1. The number of nitrogens with one attached hydrogen (secondary N) is 1. The minimum absolute atomic E-state index is 0.139. The van der Waals surface area contributed by atoms with E-state index < -0.39 is 11.7 Å². The summed E-state index contributed by atoms with van der Waals surface area (Å²) in [6.45, 7) is 0. The number of carbonyl (C=O) groups excluding carboxylic acids is 1. The van der Waals surface area contributed by atoms with Gasteiger partial charge in [0.15, 0.2) is 0 Å². The molecule has 0 heterocycles. The molecule has 0 aliphatic carbocycles. The smallest absolute Gasteiger partial charge is 0.266 e. The Morgan fingerprint density at radius 1 is 1.32 bits per heavy atom. The monoisotopic (exact) mass is 378 g/mol. The lowest BCUT2D eigenvalue weighted by atomic mass is 10.1. The molecule has 0 fully saturated rings. The van der Waals surface area contributed by atoms with Gasteiger partial charge in [0.05, 0.1) is 10.7 Å². The second-order valence-electron chi connectivity index (χ2n) is 4.27. The van der Waals surface area contributed by atoms with Gasteiger partial charge in [-0.05, 0) is 36.4 Å². The van der Waals surface area contributed by atoms with Gasteiger partial charge in [0.2, 0.25) is 0 Å². The van der Waals surface area contributed by atoms with E-state index in [9.17, 15) is 9.18 Å². The van der Waals surface area contributed by atoms with Gasteiger partial charge in [0.1, 0.15) is 17.5 Å². The predicted octanol–water partition coefficient (Wildman–Crippen LogP) is 4.79. The SMILES string of the molecule is N#C/C(=C\c1cc(Br)ccc1F)C(=O)Nc1ccccc1Cl. The van der Waals surface area contributed by atoms with Gasteiger partial charge >= 0.3 is 0 Å². The number of halogens is 3. The third-order valence-electron chi connectivity index (χ3n) is 2.75. The number of hydrogen-bond donors (Lipinski definition) is 1. The van der Waals surface area contributed by atoms with Crippen LogP contribution in [0.25, 0.3) is 6.08 Å². The quantitative estimate of drug-likeness (QED) is 0.616. The summed E-state index contributed by atoms with van der Waals surface area (Å²) in [5.74, 6) is -1.18. The highest BCUT2D eigenvalue weighted by Crippen LogP contribution is 2.22. The van der Waals surface area contributed by atoms with Gasteiger partial charge in [0, 0.05) is 10.0 Å². The number of carbonyl (C=O) groups is 1. The Balaban J connectivity index is 2.30. The number of para-hydroxylation sites is 1. The summed E-state index contributed by atoms with van der Waals surface area (Å²) in [6.07, 6.45) is 1.19. The highest BCUT2D eigenvalue weighted by molar-refractivity contribution is 9.10. The maximum atomic E-state index is 13.7. The highest BCUT2D eigenvalue weighted by atomic mass is 79.9. The second kappa shape index (κ2) is 7.21. The first-order valence-corrected chi connectivity index (χ1v) is 7.31. The van der Waals surface area contributed by atoms with Gasteiger partial charge in [-0.25, -0.2) is 4.39 Å². The van der Waals surface area contributed by atoms with Crippen LogP contribution < -0.4 is 5.32 Å². The van der Waals surface area contributed by atoms with E-state index in [-0.39, 0.29) is 11.1 Å². The van der Waals surface area contributed by atoms with Gasteiger partial charge in [-0.2, -0.15) is 5.26 Å². The van der Waals surface area contributed by atoms with Crippen molar-refractivity contribution in [1.29, 1.82) is 5.26 Å². The molecular formula is C16H9BrClFN2O. The number of nitrogens with zero attached hydrogens (tertiary/aromatic N) is 1. The summed E-state index contributed by atoms with van der Waals surface area (Å²) in [5, 5.41) is 12.0. The van der Waals surface area contributed by atoms with Crippen molar-refractivity contribution in [3.05, 3.63) is 68.9 Å². The Labute approximate surface area is 140 Å². The summed E-state index contributed by atoms with van der Waals surface area (Å²) >= 11 is 9.15. The summed E-state index contributed by atoms with van der Waals surface area (Å²) in [7, 11) is 0. The summed E-state index contributed by atoms with van der Waals surface area (Å²) in [4.78, 5) is 12.1. The van der Waals surface area contributed by atoms with Gasteiger partial charge in [-0.15, -0.1) is 0 Å². The fourth-order valence-corrected chi connectivity index (χ4v) is 2.24. The Morgan fingerprint density at radius 3 is 2.73 bits per heavy atom. The second-order valence-corrected chi connectivity index (χ2v) is 5.59. The van der Waals surface area contributed by atoms with Crippen molar-refractivity contribution >= 4 is 45.2 Å². The van der Waals surface area contributed by atoms with E-state index in [0.29, 0.717) is 15.2 Å². The molecule has 0 saturated heterocycles. The lowest BCUT2D eigenvalue weighted by Crippen LogP contribution is -2.13. The number of benzene rings is 2. The minimum Gasteiger partial charge on any atom is -0.320 e. The molecule has 1 N–H and O–H groups in total. The van der Waals surface area contributed by atoms with E-state index in [1.165, 1.54) is 24.3 Å². The van der Waals surface area contributed by atoms with Crippen LogP contribution in [0.3, 0.4) is 0 Å². The molecule has 2 aromatic rings. The van der Waals surface area contributed by atoms with E-state index in [1.54, 1.807) is 30.3 Å². The summed E-state index contributed by atoms with van der Waals surface area (Å²) in [6, 6.07) is 12.7. The molecule has 6 heteroatoms. The fraction of sp³-hybridized carbons (Fsp3) is 0. The zero-order valence-electron chi connectivity index (χ0n) is 11.1. The van der Waals surface area contributed by atoms with Gasteiger partial charge in [-0.1, -0.05) is 39.7 Å². The molecule has 0 spiro atoms. The Kier molecular flexibility index (Phi) is 5.31. The van der Waals surface area contributed by atoms with Crippen molar-refractivity contribution in [1.82, 2.24) is 0 Å². The predicted molar refractivity (Wildman–Crippen MR) is 87.8 cm³/mol. The van der Waals surface area contributed by atoms with Gasteiger partial charge in [-0.3, -0.25) is 4.79 Å². The van der Waals surface area contributed by atoms with Crippen molar-refractivity contribution in [2.45, 2.75) is 0 Å². The Morgan fingerprint density at radius 2 is 2.05 bits per heavy atom. The highest BCUT2D eigenvalue weighted by Gasteiger charge is 2.12. The number of rotatable bonds is 3. The van der Waals surface area contributed by atoms with Crippen LogP contribution in [-0.4, -0.2) is 5.91 Å². The molecule has 0 aliphatic heterocycles. The molecule has 0 atom stereocenters. The first kappa shape index (κ1) is 16.2. The fourth-order valence-electron chi connectivity index (χ4n) is 1.68. The van der Waals surface area contributed by atoms with Crippen LogP contribution in [0.4, 0.5) is 10.1 Å². The van der Waals surface area contributed by atoms with Crippen molar-refractivity contribution in [2.24, 2.45) is 0 Å². The molecule has 1 amide bonds. The topological polar surface area (TPSA) is 52.9 Å². The van der Waals surface area contributed by atoms with Crippen LogP contribution in [-0.2, 0) is 4.79 Å². The average molecular weight is 380 g/mol. The molecule has 0 unspecified atom stereocenters. The summed E-state index contributed by atoms with van der Waals surface area (Å²) in [5.41, 5.74) is 0.294. The molecule has 110 valence electrons. The molecule has 22 heavy (non-hydrogen) atoms. The van der Waals surface area contributed by atoms with E-state index in [2.05, 4.69) is 21.2 Å². The van der Waals surface area contributed by atoms with E-state index >= 15 is 0 Å². The normalized spacial score (nSPS) is 10.9. The van der Waals surface area contributed by atoms with Crippen molar-refractivity contribution in [2.75, 3.05) is 5.32 Å². The van der Waals surface area contributed by atoms with E-state index in [1.807, 2.05) is 0 Å². The molecule has 0 saturated carbocycles. The third-order valence-corrected chi connectivity index (χ3v) is 3.57. The standard InChI is InChI=1S/C16H9BrClFN2O/c17-12-5-6-14(19)10(8-12)7-11(9-20)16(22)21-15-4-2-1-3-13(15)18/h1-8H,(H,21,22)/b11-7+. The maximum Gasteiger partial charge on any atom is 0.266 e. The molecule has 2 rings (SSSR count). The molecule has 3 nitrogen and oxygen atoms in total. The number of hydrogen-bond acceptors (Lipinski definition) is 2. The van der Waals surface area contributed by atoms with Crippen LogP contribution in [0.15, 0.2) is 52.5 Å². The van der Waals surface area contributed by atoms with Crippen LogP contribution in [0.1, 0.15) is 5.56 Å². The third kappa shape index (κ3) is 3.94. The minimum atomic E-state index is -0.657. The Bertz CT molecular complexity index is 799. The summed E-state index contributed by atoms with van der Waals surface area (Å²) < 4.78 is 14.3. The lowest BCUT2D eigenvalue weighted by molar-refractivity contribution is -0.112.